The molecule has 0 amide bonds. The van der Waals surface area contributed by atoms with Crippen LogP contribution in [0.1, 0.15) is 5.56 Å². The van der Waals surface area contributed by atoms with Crippen molar-refractivity contribution in [1.82, 2.24) is 0 Å². The Morgan fingerprint density at radius 2 is 1.92 bits per heavy atom. The zero-order valence-electron chi connectivity index (χ0n) is 6.32. The van der Waals surface area contributed by atoms with Gasteiger partial charge in [-0.3, -0.25) is 9.35 Å². The Balaban J connectivity index is 0.000000157. The average molecular weight is 185 g/mol. The number of nitrogens with two attached hydrogens (primary N) is 1. The topological polar surface area (TPSA) is 78.2 Å². The third kappa shape index (κ3) is 3.00. The second-order valence-electron chi connectivity index (χ2n) is 2.31. The summed E-state index contributed by atoms with van der Waals surface area (Å²) in [7, 11) is 0. The molecule has 4 nitrogen and oxygen atoms in total. The quantitative estimate of drug-likeness (QED) is 0.572. The Morgan fingerprint density at radius 3 is 2.00 bits per heavy atom. The Labute approximate surface area is 73.2 Å². The van der Waals surface area contributed by atoms with Gasteiger partial charge in [-0.2, -0.15) is 0 Å². The van der Waals surface area contributed by atoms with Crippen LogP contribution in [0.3, 0.4) is 0 Å². The largest absolute Gasteiger partial charge is 0.760 e. The second kappa shape index (κ2) is 4.20. The molecule has 1 atom stereocenters. The van der Waals surface area contributed by atoms with Crippen LogP contribution in [0.15, 0.2) is 24.3 Å². The SMILES string of the molecule is NS(=O)[O-].c1cc2ccc1CN2. The van der Waals surface area contributed by atoms with Crippen molar-refractivity contribution >= 4 is 17.0 Å². The third-order valence-corrected chi connectivity index (χ3v) is 1.45. The summed E-state index contributed by atoms with van der Waals surface area (Å²) in [6.45, 7) is 1.02. The van der Waals surface area contributed by atoms with Gasteiger partial charge in [0.1, 0.15) is 0 Å². The maximum absolute atomic E-state index is 8.78. The van der Waals surface area contributed by atoms with Gasteiger partial charge in [0.2, 0.25) is 0 Å². The summed E-state index contributed by atoms with van der Waals surface area (Å²) < 4.78 is 17.6. The molecule has 2 aliphatic heterocycles. The predicted molar refractivity (Wildman–Crippen MR) is 46.9 cm³/mol. The molecule has 2 bridgehead atoms. The Hall–Kier alpha value is -0.910. The first-order valence-corrected chi connectivity index (χ1v) is 4.49. The molecule has 0 aliphatic carbocycles. The molecule has 1 aromatic carbocycles. The van der Waals surface area contributed by atoms with Crippen LogP contribution in [0, 0.1) is 0 Å². The Bertz CT molecular complexity index is 246. The molecule has 0 spiro atoms. The zero-order valence-corrected chi connectivity index (χ0v) is 7.14. The number of hydrogen-bond acceptors (Lipinski definition) is 3. The van der Waals surface area contributed by atoms with Gasteiger partial charge in [-0.1, -0.05) is 12.1 Å². The first-order valence-electron chi connectivity index (χ1n) is 3.35. The molecule has 2 aliphatic rings. The summed E-state index contributed by atoms with van der Waals surface area (Å²) in [5, 5.41) is 7.25. The molecule has 2 heterocycles. The van der Waals surface area contributed by atoms with Gasteiger partial charge < -0.3 is 9.87 Å². The Kier molecular flexibility index (Phi) is 3.21. The van der Waals surface area contributed by atoms with Crippen LogP contribution >= 0.6 is 0 Å². The normalized spacial score (nSPS) is 14.2. The fourth-order valence-corrected chi connectivity index (χ4v) is 0.945. The number of rotatable bonds is 0. The van der Waals surface area contributed by atoms with E-state index < -0.39 is 11.3 Å². The molecule has 66 valence electrons. The van der Waals surface area contributed by atoms with Crippen LogP contribution in [0.2, 0.25) is 0 Å². The highest BCUT2D eigenvalue weighted by molar-refractivity contribution is 7.76. The van der Waals surface area contributed by atoms with E-state index in [4.69, 9.17) is 8.76 Å². The van der Waals surface area contributed by atoms with Crippen molar-refractivity contribution in [3.05, 3.63) is 29.8 Å². The molecule has 0 saturated heterocycles. The van der Waals surface area contributed by atoms with Crippen molar-refractivity contribution < 1.29 is 8.76 Å². The van der Waals surface area contributed by atoms with Gasteiger partial charge in [-0.15, -0.1) is 0 Å². The molecular weight excluding hydrogens is 176 g/mol. The van der Waals surface area contributed by atoms with Crippen molar-refractivity contribution in [3.8, 4) is 0 Å². The van der Waals surface area contributed by atoms with Crippen LogP contribution in [-0.4, -0.2) is 8.76 Å². The number of benzene rings is 1. The van der Waals surface area contributed by atoms with E-state index in [-0.39, 0.29) is 0 Å². The molecule has 12 heavy (non-hydrogen) atoms. The number of hydrogen-bond donors (Lipinski definition) is 2. The molecule has 0 fully saturated rings. The molecule has 0 saturated carbocycles. The van der Waals surface area contributed by atoms with E-state index in [1.807, 2.05) is 0 Å². The minimum absolute atomic E-state index is 1.02. The molecular formula is C7H9N2O2S-. The zero-order chi connectivity index (χ0) is 8.97. The van der Waals surface area contributed by atoms with E-state index in [9.17, 15) is 0 Å². The van der Waals surface area contributed by atoms with Crippen molar-refractivity contribution in [2.24, 2.45) is 5.14 Å². The van der Waals surface area contributed by atoms with E-state index in [0.29, 0.717) is 0 Å². The summed E-state index contributed by atoms with van der Waals surface area (Å²) in [4.78, 5) is 0. The first kappa shape index (κ1) is 9.18. The van der Waals surface area contributed by atoms with E-state index >= 15 is 0 Å². The van der Waals surface area contributed by atoms with Gasteiger partial charge in [-0.25, -0.2) is 0 Å². The predicted octanol–water partition coefficient (Wildman–Crippen LogP) is 0.351. The maximum atomic E-state index is 8.78. The van der Waals surface area contributed by atoms with Gasteiger partial charge in [0.25, 0.3) is 0 Å². The van der Waals surface area contributed by atoms with Crippen LogP contribution in [-0.2, 0) is 17.8 Å². The van der Waals surface area contributed by atoms with Crippen LogP contribution in [0.25, 0.3) is 0 Å². The second-order valence-corrected chi connectivity index (χ2v) is 2.83. The van der Waals surface area contributed by atoms with E-state index in [1.54, 1.807) is 0 Å². The summed E-state index contributed by atoms with van der Waals surface area (Å²) in [5.74, 6) is 0. The summed E-state index contributed by atoms with van der Waals surface area (Å²) >= 11 is -2.36. The lowest BCUT2D eigenvalue weighted by atomic mass is 10.1. The minimum atomic E-state index is -2.36. The third-order valence-electron chi connectivity index (χ3n) is 1.45. The van der Waals surface area contributed by atoms with E-state index in [1.165, 1.54) is 11.3 Å². The molecule has 0 aromatic heterocycles. The maximum Gasteiger partial charge on any atom is 0.0400 e. The summed E-state index contributed by atoms with van der Waals surface area (Å²) in [5.41, 5.74) is 2.61. The van der Waals surface area contributed by atoms with Crippen molar-refractivity contribution in [2.45, 2.75) is 6.54 Å². The minimum Gasteiger partial charge on any atom is -0.760 e. The lowest BCUT2D eigenvalue weighted by molar-refractivity contribution is 0.539. The Morgan fingerprint density at radius 1 is 1.42 bits per heavy atom. The molecule has 1 aromatic rings. The summed E-state index contributed by atoms with van der Waals surface area (Å²) in [6.07, 6.45) is 0. The first-order chi connectivity index (χ1) is 5.68. The summed E-state index contributed by atoms with van der Waals surface area (Å²) in [6, 6.07) is 8.48. The van der Waals surface area contributed by atoms with Crippen molar-refractivity contribution in [2.75, 3.05) is 5.32 Å². The van der Waals surface area contributed by atoms with Crippen LogP contribution < -0.4 is 10.5 Å². The monoisotopic (exact) mass is 185 g/mol. The highest BCUT2D eigenvalue weighted by atomic mass is 32.2. The number of anilines is 1. The average Bonchev–Trinajstić information content (AvgIpc) is 2.07. The highest BCUT2D eigenvalue weighted by Crippen LogP contribution is 2.15. The van der Waals surface area contributed by atoms with Gasteiger partial charge in [0.15, 0.2) is 0 Å². The number of nitrogens with one attached hydrogen (secondary N) is 1. The van der Waals surface area contributed by atoms with Gasteiger partial charge in [0, 0.05) is 23.5 Å². The van der Waals surface area contributed by atoms with E-state index in [0.717, 1.165) is 6.54 Å². The molecule has 5 heteroatoms. The van der Waals surface area contributed by atoms with Gasteiger partial charge >= 0.3 is 0 Å². The number of fused-ring (bicyclic) bond motifs is 3. The van der Waals surface area contributed by atoms with Gasteiger partial charge in [-0.05, 0) is 17.7 Å². The van der Waals surface area contributed by atoms with Crippen molar-refractivity contribution in [1.29, 1.82) is 0 Å². The van der Waals surface area contributed by atoms with Crippen LogP contribution in [0.5, 0.6) is 0 Å². The molecule has 3 rings (SSSR count). The lowest BCUT2D eigenvalue weighted by Crippen LogP contribution is -2.04. The lowest BCUT2D eigenvalue weighted by Gasteiger charge is -2.12. The molecule has 3 N–H and O–H groups in total. The van der Waals surface area contributed by atoms with Gasteiger partial charge in [0.05, 0.1) is 0 Å². The standard InChI is InChI=1S/C7H7N.H3NO2S/c1-3-7-4-2-6(1)5-8-7;1-4(2)3/h1-4,8H,5H2;1H2,(H,2,3)/p-1. The fourth-order valence-electron chi connectivity index (χ4n) is 0.945. The fraction of sp³-hybridized carbons (Fsp3) is 0.143. The van der Waals surface area contributed by atoms with E-state index in [2.05, 4.69) is 34.7 Å². The van der Waals surface area contributed by atoms with Crippen LogP contribution in [0.4, 0.5) is 5.69 Å². The smallest absolute Gasteiger partial charge is 0.0400 e. The molecule has 0 radical (unpaired) electrons. The molecule has 1 unspecified atom stereocenters. The van der Waals surface area contributed by atoms with Crippen molar-refractivity contribution in [3.63, 3.8) is 0 Å². The highest BCUT2D eigenvalue weighted by Gasteiger charge is 1.99.